The molecule has 6 aliphatic carbocycles. The normalized spacial score (nSPS) is 43.1. The quantitative estimate of drug-likeness (QED) is 0.252. The molecule has 0 N–H and O–H groups in total. The van der Waals surface area contributed by atoms with Crippen LogP contribution in [-0.4, -0.2) is 25.2 Å². The van der Waals surface area contributed by atoms with Gasteiger partial charge in [-0.25, -0.2) is 9.59 Å². The van der Waals surface area contributed by atoms with Crippen LogP contribution in [0.3, 0.4) is 0 Å². The van der Waals surface area contributed by atoms with Crippen molar-refractivity contribution in [3.05, 3.63) is 35.4 Å². The third-order valence-electron chi connectivity index (χ3n) is 17.9. The Balaban J connectivity index is 0.994. The molecule has 0 unspecified atom stereocenters. The summed E-state index contributed by atoms with van der Waals surface area (Å²) in [5.74, 6) is 7.02. The molecular formula is C48H74O4. The van der Waals surface area contributed by atoms with Gasteiger partial charge in [-0.3, -0.25) is 0 Å². The Labute approximate surface area is 317 Å². The molecule has 4 heteroatoms. The predicted octanol–water partition coefficient (Wildman–Crippen LogP) is 12.6. The van der Waals surface area contributed by atoms with Crippen LogP contribution in [0.2, 0.25) is 0 Å². The average Bonchev–Trinajstić information content (AvgIpc) is 3.12. The first-order chi connectivity index (χ1) is 24.7. The number of fused-ring (bicyclic) bond motifs is 6. The molecule has 1 aromatic rings. The van der Waals surface area contributed by atoms with Crippen molar-refractivity contribution < 1.29 is 19.1 Å². The molecule has 0 amide bonds. The second kappa shape index (κ2) is 14.7. The Bertz CT molecular complexity index is 1340. The Kier molecular flexibility index (Phi) is 10.8. The van der Waals surface area contributed by atoms with Gasteiger partial charge in [0.15, 0.2) is 0 Å². The molecule has 12 atom stereocenters. The van der Waals surface area contributed by atoms with Crippen LogP contribution in [0.1, 0.15) is 179 Å². The van der Waals surface area contributed by atoms with E-state index in [0.29, 0.717) is 47.0 Å². The van der Waals surface area contributed by atoms with E-state index in [2.05, 4.69) is 55.4 Å². The van der Waals surface area contributed by atoms with E-state index in [9.17, 15) is 9.59 Å². The number of carbonyl (C=O) groups excluding carboxylic acids is 2. The fourth-order valence-electron chi connectivity index (χ4n) is 15.0. The highest BCUT2D eigenvalue weighted by Crippen LogP contribution is 2.66. The van der Waals surface area contributed by atoms with Gasteiger partial charge in [-0.05, 0) is 172 Å². The zero-order chi connectivity index (χ0) is 37.1. The van der Waals surface area contributed by atoms with E-state index >= 15 is 0 Å². The molecule has 0 heterocycles. The summed E-state index contributed by atoms with van der Waals surface area (Å²) in [6.07, 6.45) is 20.7. The lowest BCUT2D eigenvalue weighted by Crippen LogP contribution is -2.55. The zero-order valence-electron chi connectivity index (χ0n) is 34.4. The molecule has 0 saturated heterocycles. The van der Waals surface area contributed by atoms with Gasteiger partial charge in [0.1, 0.15) is 0 Å². The molecule has 0 radical (unpaired) electrons. The van der Waals surface area contributed by atoms with Crippen molar-refractivity contribution in [2.45, 2.75) is 158 Å². The first-order valence-electron chi connectivity index (χ1n) is 22.1. The lowest BCUT2D eigenvalue weighted by Gasteiger charge is -2.61. The number of carbonyl (C=O) groups is 2. The summed E-state index contributed by atoms with van der Waals surface area (Å²) in [6, 6.07) is 7.22. The first kappa shape index (κ1) is 38.4. The standard InChI is InChI=1S/C48H74O4/c1-31(2)33-15-19-39-35(27-33)17-21-41-45(5,23-11-25-47(39,41)7)29-51-43(49)37-13-9-10-14-38(37)44(50)52-30-46(6)24-12-26-48(8)40-20-16-34(32(3)4)28-36(40)18-22-42(46)48/h9-10,13-14,31-36,39-42H,11-12,15-30H2,1-8H3/t33-,34+,35-,36+,39-,40-,41-,42-,45+,46+,47-,48-/m1/s1. The van der Waals surface area contributed by atoms with Gasteiger partial charge in [-0.2, -0.15) is 0 Å². The number of esters is 2. The topological polar surface area (TPSA) is 52.6 Å². The molecule has 0 bridgehead atoms. The largest absolute Gasteiger partial charge is 0.461 e. The SMILES string of the molecule is CC(C)[C@@H]1CC[C@@H]2[C@H](CC[C@@H]3[C@](C)(COC(=O)c4ccccc4C(=O)OC[C@]4(C)CCC[C@]5(C)[C@@H]6CC[C@H](C(C)C)C[C@@H]6CC[C@H]45)CCC[C@]23C)C1. The summed E-state index contributed by atoms with van der Waals surface area (Å²) >= 11 is 0. The van der Waals surface area contributed by atoms with Crippen molar-refractivity contribution in [3.63, 3.8) is 0 Å². The van der Waals surface area contributed by atoms with Gasteiger partial charge < -0.3 is 9.47 Å². The molecule has 7 rings (SSSR count). The highest BCUT2D eigenvalue weighted by atomic mass is 16.5. The summed E-state index contributed by atoms with van der Waals surface area (Å²) in [5.41, 5.74) is 1.28. The Morgan fingerprint density at radius 1 is 0.596 bits per heavy atom. The summed E-state index contributed by atoms with van der Waals surface area (Å²) < 4.78 is 12.5. The van der Waals surface area contributed by atoms with Gasteiger partial charge in [-0.1, -0.05) is 80.4 Å². The molecule has 6 fully saturated rings. The second-order valence-corrected chi connectivity index (χ2v) is 21.4. The minimum atomic E-state index is -0.376. The number of benzene rings is 1. The van der Waals surface area contributed by atoms with Gasteiger partial charge in [-0.15, -0.1) is 0 Å². The van der Waals surface area contributed by atoms with E-state index in [1.165, 1.54) is 89.9 Å². The van der Waals surface area contributed by atoms with Crippen LogP contribution in [0.25, 0.3) is 0 Å². The lowest BCUT2D eigenvalue weighted by atomic mass is 9.44. The summed E-state index contributed by atoms with van der Waals surface area (Å²) in [4.78, 5) is 27.8. The maximum atomic E-state index is 13.9. The van der Waals surface area contributed by atoms with Gasteiger partial charge in [0.25, 0.3) is 0 Å². The van der Waals surface area contributed by atoms with Crippen LogP contribution >= 0.6 is 0 Å². The van der Waals surface area contributed by atoms with Gasteiger partial charge in [0.05, 0.1) is 24.3 Å². The zero-order valence-corrected chi connectivity index (χ0v) is 34.4. The van der Waals surface area contributed by atoms with E-state index in [1.54, 1.807) is 12.1 Å². The molecule has 290 valence electrons. The maximum absolute atomic E-state index is 13.9. The molecule has 4 nitrogen and oxygen atoms in total. The van der Waals surface area contributed by atoms with Crippen LogP contribution in [0.15, 0.2) is 24.3 Å². The van der Waals surface area contributed by atoms with E-state index < -0.39 is 0 Å². The molecular weight excluding hydrogens is 641 g/mol. The number of hydrogen-bond donors (Lipinski definition) is 0. The first-order valence-corrected chi connectivity index (χ1v) is 22.1. The number of ether oxygens (including phenoxy) is 2. The van der Waals surface area contributed by atoms with Crippen molar-refractivity contribution in [1.29, 1.82) is 0 Å². The van der Waals surface area contributed by atoms with Crippen molar-refractivity contribution in [2.75, 3.05) is 13.2 Å². The molecule has 6 saturated carbocycles. The molecule has 52 heavy (non-hydrogen) atoms. The summed E-state index contributed by atoms with van der Waals surface area (Å²) in [5, 5.41) is 0. The third kappa shape index (κ3) is 6.84. The van der Waals surface area contributed by atoms with Crippen LogP contribution in [0.4, 0.5) is 0 Å². The van der Waals surface area contributed by atoms with Crippen molar-refractivity contribution >= 4 is 11.9 Å². The van der Waals surface area contributed by atoms with Crippen LogP contribution in [0.5, 0.6) is 0 Å². The predicted molar refractivity (Wildman–Crippen MR) is 211 cm³/mol. The van der Waals surface area contributed by atoms with Crippen molar-refractivity contribution in [1.82, 2.24) is 0 Å². The minimum Gasteiger partial charge on any atom is -0.461 e. The third-order valence-corrected chi connectivity index (χ3v) is 17.9. The lowest BCUT2D eigenvalue weighted by molar-refractivity contribution is -0.136. The maximum Gasteiger partial charge on any atom is 0.339 e. The summed E-state index contributed by atoms with van der Waals surface area (Å²) in [6.45, 7) is 20.5. The Morgan fingerprint density at radius 3 is 1.38 bits per heavy atom. The van der Waals surface area contributed by atoms with Crippen LogP contribution in [0, 0.1) is 80.8 Å². The smallest absolute Gasteiger partial charge is 0.339 e. The van der Waals surface area contributed by atoms with Gasteiger partial charge in [0, 0.05) is 10.8 Å². The van der Waals surface area contributed by atoms with E-state index in [0.717, 1.165) is 60.2 Å². The molecule has 0 aromatic heterocycles. The van der Waals surface area contributed by atoms with Gasteiger partial charge >= 0.3 is 11.9 Å². The average molecular weight is 715 g/mol. The molecule has 1 aromatic carbocycles. The highest BCUT2D eigenvalue weighted by molar-refractivity contribution is 6.03. The van der Waals surface area contributed by atoms with E-state index in [1.807, 2.05) is 12.1 Å². The molecule has 0 spiro atoms. The van der Waals surface area contributed by atoms with Crippen LogP contribution < -0.4 is 0 Å². The van der Waals surface area contributed by atoms with Crippen molar-refractivity contribution in [3.8, 4) is 0 Å². The van der Waals surface area contributed by atoms with E-state index in [4.69, 9.17) is 9.47 Å². The monoisotopic (exact) mass is 715 g/mol. The van der Waals surface area contributed by atoms with Crippen LogP contribution in [-0.2, 0) is 9.47 Å². The molecule has 0 aliphatic heterocycles. The van der Waals surface area contributed by atoms with Gasteiger partial charge in [0.2, 0.25) is 0 Å². The minimum absolute atomic E-state index is 0.0345. The van der Waals surface area contributed by atoms with Crippen molar-refractivity contribution in [2.24, 2.45) is 80.8 Å². The molecule has 6 aliphatic rings. The Morgan fingerprint density at radius 2 is 1.00 bits per heavy atom. The number of hydrogen-bond acceptors (Lipinski definition) is 4. The van der Waals surface area contributed by atoms with E-state index in [-0.39, 0.29) is 22.8 Å². The fraction of sp³-hybridized carbons (Fsp3) is 0.833. The Hall–Kier alpha value is -1.84. The second-order valence-electron chi connectivity index (χ2n) is 21.4. The highest BCUT2D eigenvalue weighted by Gasteiger charge is 2.59. The summed E-state index contributed by atoms with van der Waals surface area (Å²) in [7, 11) is 0. The number of rotatable bonds is 8. The fourth-order valence-corrected chi connectivity index (χ4v) is 15.0.